The van der Waals surface area contributed by atoms with E-state index in [1.807, 2.05) is 36.4 Å². The van der Waals surface area contributed by atoms with Gasteiger partial charge in [-0.2, -0.15) is 0 Å². The van der Waals surface area contributed by atoms with Crippen molar-refractivity contribution in [1.29, 1.82) is 0 Å². The molecular formula is C19H23N3O3. The van der Waals surface area contributed by atoms with Crippen molar-refractivity contribution in [1.82, 2.24) is 9.97 Å². The Morgan fingerprint density at radius 2 is 2.00 bits per heavy atom. The number of hydrogen-bond acceptors (Lipinski definition) is 6. The summed E-state index contributed by atoms with van der Waals surface area (Å²) in [6.07, 6.45) is 3.76. The Kier molecular flexibility index (Phi) is 4.55. The normalized spacial score (nSPS) is 24.5. The van der Waals surface area contributed by atoms with Crippen LogP contribution in [-0.2, 0) is 11.3 Å². The number of aliphatic hydroxyl groups excluding tert-OH is 1. The van der Waals surface area contributed by atoms with Crippen LogP contribution in [0.15, 0.2) is 42.7 Å². The van der Waals surface area contributed by atoms with E-state index >= 15 is 0 Å². The van der Waals surface area contributed by atoms with Crippen LogP contribution in [0.3, 0.4) is 0 Å². The molecule has 2 fully saturated rings. The van der Waals surface area contributed by atoms with Gasteiger partial charge in [0.2, 0.25) is 5.88 Å². The fourth-order valence-corrected chi connectivity index (χ4v) is 3.81. The fourth-order valence-electron chi connectivity index (χ4n) is 3.81. The van der Waals surface area contributed by atoms with Crippen LogP contribution in [0.5, 0.6) is 5.88 Å². The predicted octanol–water partition coefficient (Wildman–Crippen LogP) is 2.40. The molecule has 2 atom stereocenters. The molecule has 2 heterocycles. The Balaban J connectivity index is 1.40. The van der Waals surface area contributed by atoms with Gasteiger partial charge < -0.3 is 19.9 Å². The average molecular weight is 341 g/mol. The fraction of sp³-hybridized carbons (Fsp3) is 0.474. The molecule has 25 heavy (non-hydrogen) atoms. The number of rotatable bonds is 5. The van der Waals surface area contributed by atoms with Gasteiger partial charge in [-0.3, -0.25) is 0 Å². The van der Waals surface area contributed by atoms with Gasteiger partial charge >= 0.3 is 0 Å². The van der Waals surface area contributed by atoms with Crippen LogP contribution < -0.4 is 10.1 Å². The number of ether oxygens (including phenoxy) is 2. The van der Waals surface area contributed by atoms with Gasteiger partial charge in [-0.15, -0.1) is 0 Å². The Morgan fingerprint density at radius 3 is 2.76 bits per heavy atom. The monoisotopic (exact) mass is 341 g/mol. The summed E-state index contributed by atoms with van der Waals surface area (Å²) in [5, 5.41) is 13.7. The summed E-state index contributed by atoms with van der Waals surface area (Å²) in [4.78, 5) is 8.49. The Labute approximate surface area is 147 Å². The number of anilines is 1. The van der Waals surface area contributed by atoms with Crippen LogP contribution in [0.2, 0.25) is 0 Å². The smallest absolute Gasteiger partial charge is 0.218 e. The summed E-state index contributed by atoms with van der Waals surface area (Å²) in [6, 6.07) is 12.0. The van der Waals surface area contributed by atoms with Crippen molar-refractivity contribution in [3.63, 3.8) is 0 Å². The minimum atomic E-state index is -0.260. The number of aromatic nitrogens is 2. The van der Waals surface area contributed by atoms with Crippen LogP contribution in [0.4, 0.5) is 5.82 Å². The van der Waals surface area contributed by atoms with E-state index in [-0.39, 0.29) is 17.6 Å². The van der Waals surface area contributed by atoms with Gasteiger partial charge in [0.05, 0.1) is 6.10 Å². The van der Waals surface area contributed by atoms with Gasteiger partial charge in [0.15, 0.2) is 0 Å². The Hall–Kier alpha value is -2.18. The molecule has 1 saturated heterocycles. The van der Waals surface area contributed by atoms with Gasteiger partial charge in [0, 0.05) is 30.7 Å². The van der Waals surface area contributed by atoms with Gasteiger partial charge in [-0.05, 0) is 24.8 Å². The maximum atomic E-state index is 10.3. The van der Waals surface area contributed by atoms with Crippen LogP contribution in [-0.4, -0.2) is 40.4 Å². The third kappa shape index (κ3) is 3.32. The molecule has 0 amide bonds. The van der Waals surface area contributed by atoms with Crippen molar-refractivity contribution in [3.05, 3.63) is 48.3 Å². The molecule has 132 valence electrons. The van der Waals surface area contributed by atoms with Gasteiger partial charge in [0.1, 0.15) is 18.8 Å². The number of hydrogen-bond donors (Lipinski definition) is 2. The van der Waals surface area contributed by atoms with Gasteiger partial charge in [-0.25, -0.2) is 9.97 Å². The SMILES string of the molecule is O[C@@H]1C[C@@H](Nc2cc(OCc3ccccc3)ncn2)C12CCOCC2. The lowest BCUT2D eigenvalue weighted by atomic mass is 9.58. The average Bonchev–Trinajstić information content (AvgIpc) is 2.68. The van der Waals surface area contributed by atoms with Crippen LogP contribution >= 0.6 is 0 Å². The number of nitrogens with one attached hydrogen (secondary N) is 1. The minimum absolute atomic E-state index is 0.0890. The van der Waals surface area contributed by atoms with Crippen LogP contribution in [0.25, 0.3) is 0 Å². The number of aliphatic hydroxyl groups is 1. The predicted molar refractivity (Wildman–Crippen MR) is 93.3 cm³/mol. The van der Waals surface area contributed by atoms with E-state index in [0.717, 1.165) is 30.6 Å². The molecular weight excluding hydrogens is 318 g/mol. The third-order valence-electron chi connectivity index (χ3n) is 5.43. The van der Waals surface area contributed by atoms with E-state index in [1.165, 1.54) is 6.33 Å². The molecule has 1 aliphatic heterocycles. The van der Waals surface area contributed by atoms with E-state index in [1.54, 1.807) is 0 Å². The van der Waals surface area contributed by atoms with Gasteiger partial charge in [0.25, 0.3) is 0 Å². The van der Waals surface area contributed by atoms with Crippen LogP contribution in [0, 0.1) is 5.41 Å². The summed E-state index contributed by atoms with van der Waals surface area (Å²) < 4.78 is 11.2. The molecule has 0 bridgehead atoms. The zero-order valence-corrected chi connectivity index (χ0v) is 14.1. The molecule has 1 spiro atoms. The van der Waals surface area contributed by atoms with E-state index in [2.05, 4.69) is 15.3 Å². The molecule has 1 aromatic heterocycles. The van der Waals surface area contributed by atoms with Crippen molar-refractivity contribution >= 4 is 5.82 Å². The summed E-state index contributed by atoms with van der Waals surface area (Å²) in [5.74, 6) is 1.28. The van der Waals surface area contributed by atoms with E-state index in [9.17, 15) is 5.11 Å². The quantitative estimate of drug-likeness (QED) is 0.870. The first-order valence-electron chi connectivity index (χ1n) is 8.77. The Bertz CT molecular complexity index is 704. The molecule has 4 rings (SSSR count). The first-order chi connectivity index (χ1) is 12.3. The highest BCUT2D eigenvalue weighted by molar-refractivity contribution is 5.40. The number of nitrogens with zero attached hydrogens (tertiary/aromatic N) is 2. The highest BCUT2D eigenvalue weighted by Gasteiger charge is 2.54. The molecule has 1 aromatic carbocycles. The highest BCUT2D eigenvalue weighted by atomic mass is 16.5. The summed E-state index contributed by atoms with van der Waals surface area (Å²) >= 11 is 0. The lowest BCUT2D eigenvalue weighted by molar-refractivity contribution is -0.133. The Morgan fingerprint density at radius 1 is 1.20 bits per heavy atom. The largest absolute Gasteiger partial charge is 0.473 e. The van der Waals surface area contributed by atoms with Crippen molar-refractivity contribution in [2.45, 2.75) is 38.0 Å². The van der Waals surface area contributed by atoms with Crippen molar-refractivity contribution < 1.29 is 14.6 Å². The molecule has 0 unspecified atom stereocenters. The lowest BCUT2D eigenvalue weighted by Gasteiger charge is -2.55. The zero-order valence-electron chi connectivity index (χ0n) is 14.1. The second kappa shape index (κ2) is 6.98. The van der Waals surface area contributed by atoms with E-state index < -0.39 is 0 Å². The van der Waals surface area contributed by atoms with Gasteiger partial charge in [-0.1, -0.05) is 30.3 Å². The molecule has 0 radical (unpaired) electrons. The van der Waals surface area contributed by atoms with Crippen LogP contribution in [0.1, 0.15) is 24.8 Å². The second-order valence-corrected chi connectivity index (χ2v) is 6.81. The lowest BCUT2D eigenvalue weighted by Crippen LogP contribution is -2.62. The highest BCUT2D eigenvalue weighted by Crippen LogP contribution is 2.50. The standard InChI is InChI=1S/C19H23N3O3/c23-16-10-15(19(16)6-8-24-9-7-19)22-17-11-18(21-13-20-17)25-12-14-4-2-1-3-5-14/h1-5,11,13,15-16,23H,6-10,12H2,(H,20,21,22)/t15-,16-/m1/s1. The number of benzene rings is 1. The first-order valence-corrected chi connectivity index (χ1v) is 8.77. The summed E-state index contributed by atoms with van der Waals surface area (Å²) in [5.41, 5.74) is 1.01. The van der Waals surface area contributed by atoms with Crippen molar-refractivity contribution in [3.8, 4) is 5.88 Å². The molecule has 6 nitrogen and oxygen atoms in total. The minimum Gasteiger partial charge on any atom is -0.473 e. The molecule has 2 N–H and O–H groups in total. The first kappa shape index (κ1) is 16.3. The summed E-state index contributed by atoms with van der Waals surface area (Å²) in [7, 11) is 0. The molecule has 1 saturated carbocycles. The molecule has 1 aliphatic carbocycles. The van der Waals surface area contributed by atoms with E-state index in [4.69, 9.17) is 9.47 Å². The van der Waals surface area contributed by atoms with E-state index in [0.29, 0.717) is 25.7 Å². The third-order valence-corrected chi connectivity index (χ3v) is 5.43. The maximum Gasteiger partial charge on any atom is 0.218 e. The molecule has 2 aromatic rings. The second-order valence-electron chi connectivity index (χ2n) is 6.81. The summed E-state index contributed by atoms with van der Waals surface area (Å²) in [6.45, 7) is 1.90. The van der Waals surface area contributed by atoms with Crippen molar-refractivity contribution in [2.24, 2.45) is 5.41 Å². The van der Waals surface area contributed by atoms with Crippen molar-refractivity contribution in [2.75, 3.05) is 18.5 Å². The molecule has 2 aliphatic rings. The molecule has 6 heteroatoms. The maximum absolute atomic E-state index is 10.3. The topological polar surface area (TPSA) is 76.5 Å². The zero-order chi connectivity index (χ0) is 17.1.